The highest BCUT2D eigenvalue weighted by molar-refractivity contribution is 5.31. The molecule has 1 fully saturated rings. The summed E-state index contributed by atoms with van der Waals surface area (Å²) in [6.45, 7) is 8.83. The SMILES string of the molecule is Cc1ccccc1OC[C@H](O)CN1C[C@@H](C)O[C@@H](C)C1. The molecule has 112 valence electrons. The summed E-state index contributed by atoms with van der Waals surface area (Å²) in [6.07, 6.45) is -0.0291. The lowest BCUT2D eigenvalue weighted by atomic mass is 10.2. The number of aliphatic hydroxyl groups excluding tert-OH is 1. The molecule has 0 bridgehead atoms. The molecule has 0 radical (unpaired) electrons. The number of rotatable bonds is 5. The van der Waals surface area contributed by atoms with Crippen LogP contribution in [0.15, 0.2) is 24.3 Å². The summed E-state index contributed by atoms with van der Waals surface area (Å²) >= 11 is 0. The van der Waals surface area contributed by atoms with Gasteiger partial charge in [0.2, 0.25) is 0 Å². The third-order valence-electron chi connectivity index (χ3n) is 3.49. The Morgan fingerprint density at radius 3 is 2.60 bits per heavy atom. The predicted octanol–water partition coefficient (Wildman–Crippen LogP) is 1.84. The zero-order valence-corrected chi connectivity index (χ0v) is 12.6. The van der Waals surface area contributed by atoms with Crippen LogP contribution in [0.25, 0.3) is 0 Å². The standard InChI is InChI=1S/C16H25NO3/c1-12-6-4-5-7-16(12)19-11-15(18)10-17-8-13(2)20-14(3)9-17/h4-7,13-15,18H,8-11H2,1-3H3/t13-,14+,15-/m1/s1. The number of β-amino-alcohol motifs (C(OH)–C–C–N with tert-alkyl or cyclic N) is 1. The van der Waals surface area contributed by atoms with Gasteiger partial charge in [-0.1, -0.05) is 18.2 Å². The fourth-order valence-electron chi connectivity index (χ4n) is 2.69. The van der Waals surface area contributed by atoms with E-state index in [-0.39, 0.29) is 12.2 Å². The summed E-state index contributed by atoms with van der Waals surface area (Å²) in [5, 5.41) is 10.1. The molecule has 1 N–H and O–H groups in total. The molecule has 20 heavy (non-hydrogen) atoms. The van der Waals surface area contributed by atoms with Gasteiger partial charge in [-0.25, -0.2) is 0 Å². The summed E-state index contributed by atoms with van der Waals surface area (Å²) in [5.41, 5.74) is 1.09. The molecule has 1 aromatic rings. The molecule has 1 saturated heterocycles. The van der Waals surface area contributed by atoms with E-state index in [1.165, 1.54) is 0 Å². The number of aliphatic hydroxyl groups is 1. The highest BCUT2D eigenvalue weighted by Gasteiger charge is 2.23. The molecule has 1 heterocycles. The van der Waals surface area contributed by atoms with Crippen molar-refractivity contribution in [3.05, 3.63) is 29.8 Å². The van der Waals surface area contributed by atoms with Crippen LogP contribution in [0.4, 0.5) is 0 Å². The molecule has 1 aliphatic rings. The molecule has 2 rings (SSSR count). The van der Waals surface area contributed by atoms with Gasteiger partial charge in [-0.2, -0.15) is 0 Å². The van der Waals surface area contributed by atoms with Crippen molar-refractivity contribution >= 4 is 0 Å². The van der Waals surface area contributed by atoms with Gasteiger partial charge in [0.25, 0.3) is 0 Å². The fraction of sp³-hybridized carbons (Fsp3) is 0.625. The zero-order chi connectivity index (χ0) is 14.5. The van der Waals surface area contributed by atoms with Gasteiger partial charge in [0, 0.05) is 19.6 Å². The minimum absolute atomic E-state index is 0.225. The van der Waals surface area contributed by atoms with Gasteiger partial charge in [0.1, 0.15) is 18.5 Å². The van der Waals surface area contributed by atoms with Gasteiger partial charge in [0.15, 0.2) is 0 Å². The van der Waals surface area contributed by atoms with Crippen LogP contribution >= 0.6 is 0 Å². The van der Waals surface area contributed by atoms with Crippen LogP contribution in [0.3, 0.4) is 0 Å². The van der Waals surface area contributed by atoms with Gasteiger partial charge in [-0.05, 0) is 32.4 Å². The van der Waals surface area contributed by atoms with E-state index in [9.17, 15) is 5.11 Å². The number of hydrogen-bond donors (Lipinski definition) is 1. The van der Waals surface area contributed by atoms with Gasteiger partial charge in [-0.3, -0.25) is 4.90 Å². The van der Waals surface area contributed by atoms with Crippen LogP contribution in [-0.2, 0) is 4.74 Å². The van der Waals surface area contributed by atoms with Crippen LogP contribution in [-0.4, -0.2) is 54.6 Å². The number of ether oxygens (including phenoxy) is 2. The van der Waals surface area contributed by atoms with Gasteiger partial charge >= 0.3 is 0 Å². The van der Waals surface area contributed by atoms with E-state index >= 15 is 0 Å². The largest absolute Gasteiger partial charge is 0.491 e. The highest BCUT2D eigenvalue weighted by atomic mass is 16.5. The monoisotopic (exact) mass is 279 g/mol. The van der Waals surface area contributed by atoms with E-state index in [2.05, 4.69) is 18.7 Å². The van der Waals surface area contributed by atoms with Crippen LogP contribution in [0.5, 0.6) is 5.75 Å². The molecule has 0 spiro atoms. The Morgan fingerprint density at radius 2 is 1.95 bits per heavy atom. The molecule has 0 aromatic heterocycles. The Labute approximate surface area is 121 Å². The summed E-state index contributed by atoms with van der Waals surface area (Å²) < 4.78 is 11.4. The second kappa shape index (κ2) is 7.07. The Bertz CT molecular complexity index is 414. The Balaban J connectivity index is 1.78. The molecule has 0 saturated carbocycles. The molecule has 3 atom stereocenters. The van der Waals surface area contributed by atoms with E-state index < -0.39 is 6.10 Å². The lowest BCUT2D eigenvalue weighted by Crippen LogP contribution is -2.48. The zero-order valence-electron chi connectivity index (χ0n) is 12.6. The smallest absolute Gasteiger partial charge is 0.122 e. The summed E-state index contributed by atoms with van der Waals surface area (Å²) in [4.78, 5) is 2.24. The molecule has 0 aliphatic carbocycles. The fourth-order valence-corrected chi connectivity index (χ4v) is 2.69. The van der Waals surface area contributed by atoms with Crippen molar-refractivity contribution in [2.75, 3.05) is 26.2 Å². The first-order valence-corrected chi connectivity index (χ1v) is 7.29. The molecule has 1 aromatic carbocycles. The second-order valence-corrected chi connectivity index (χ2v) is 5.71. The van der Waals surface area contributed by atoms with Gasteiger partial charge in [0.05, 0.1) is 12.2 Å². The van der Waals surface area contributed by atoms with Crippen molar-refractivity contribution in [2.45, 2.75) is 39.1 Å². The first-order chi connectivity index (χ1) is 9.54. The average molecular weight is 279 g/mol. The molecule has 1 aliphatic heterocycles. The van der Waals surface area contributed by atoms with Crippen LogP contribution < -0.4 is 4.74 Å². The molecule has 4 nitrogen and oxygen atoms in total. The van der Waals surface area contributed by atoms with Crippen LogP contribution in [0.1, 0.15) is 19.4 Å². The first kappa shape index (κ1) is 15.3. The summed E-state index contributed by atoms with van der Waals surface area (Å²) in [7, 11) is 0. The Hall–Kier alpha value is -1.10. The molecule has 4 heteroatoms. The van der Waals surface area contributed by atoms with E-state index in [0.717, 1.165) is 24.4 Å². The molecular formula is C16H25NO3. The Morgan fingerprint density at radius 1 is 1.30 bits per heavy atom. The van der Waals surface area contributed by atoms with Crippen molar-refractivity contribution in [1.29, 1.82) is 0 Å². The average Bonchev–Trinajstić information content (AvgIpc) is 2.36. The number of nitrogens with zero attached hydrogens (tertiary/aromatic N) is 1. The topological polar surface area (TPSA) is 41.9 Å². The van der Waals surface area contributed by atoms with Crippen molar-refractivity contribution < 1.29 is 14.6 Å². The first-order valence-electron chi connectivity index (χ1n) is 7.29. The lowest BCUT2D eigenvalue weighted by molar-refractivity contribution is -0.0786. The molecular weight excluding hydrogens is 254 g/mol. The van der Waals surface area contributed by atoms with Crippen molar-refractivity contribution in [3.8, 4) is 5.75 Å². The quantitative estimate of drug-likeness (QED) is 0.893. The summed E-state index contributed by atoms with van der Waals surface area (Å²) in [5.74, 6) is 0.843. The number of hydrogen-bond acceptors (Lipinski definition) is 4. The number of benzene rings is 1. The van der Waals surface area contributed by atoms with E-state index in [4.69, 9.17) is 9.47 Å². The number of aryl methyl sites for hydroxylation is 1. The van der Waals surface area contributed by atoms with Crippen molar-refractivity contribution in [3.63, 3.8) is 0 Å². The minimum Gasteiger partial charge on any atom is -0.491 e. The van der Waals surface area contributed by atoms with Crippen molar-refractivity contribution in [2.24, 2.45) is 0 Å². The normalized spacial score (nSPS) is 25.4. The number of morpholine rings is 1. The van der Waals surface area contributed by atoms with Gasteiger partial charge in [-0.15, -0.1) is 0 Å². The molecule has 0 amide bonds. The lowest BCUT2D eigenvalue weighted by Gasteiger charge is -2.36. The van der Waals surface area contributed by atoms with E-state index in [0.29, 0.717) is 13.2 Å². The Kier molecular flexibility index (Phi) is 5.40. The second-order valence-electron chi connectivity index (χ2n) is 5.71. The van der Waals surface area contributed by atoms with E-state index in [1.807, 2.05) is 31.2 Å². The third-order valence-corrected chi connectivity index (χ3v) is 3.49. The maximum atomic E-state index is 10.1. The van der Waals surface area contributed by atoms with Crippen molar-refractivity contribution in [1.82, 2.24) is 4.90 Å². The van der Waals surface area contributed by atoms with E-state index in [1.54, 1.807) is 0 Å². The van der Waals surface area contributed by atoms with Crippen LogP contribution in [0, 0.1) is 6.92 Å². The maximum Gasteiger partial charge on any atom is 0.122 e. The van der Waals surface area contributed by atoms with Crippen LogP contribution in [0.2, 0.25) is 0 Å². The van der Waals surface area contributed by atoms with Gasteiger partial charge < -0.3 is 14.6 Å². The number of para-hydroxylation sites is 1. The molecule has 0 unspecified atom stereocenters. The minimum atomic E-state index is -0.480. The summed E-state index contributed by atoms with van der Waals surface area (Å²) in [6, 6.07) is 7.86. The maximum absolute atomic E-state index is 10.1. The predicted molar refractivity (Wildman–Crippen MR) is 79.1 cm³/mol. The third kappa shape index (κ3) is 4.47. The highest BCUT2D eigenvalue weighted by Crippen LogP contribution is 2.17.